The number of rotatable bonds is 3. The highest BCUT2D eigenvalue weighted by molar-refractivity contribution is 6.15. The van der Waals surface area contributed by atoms with Crippen LogP contribution in [0, 0.1) is 5.41 Å². The zero-order valence-corrected chi connectivity index (χ0v) is 11.3. The second kappa shape index (κ2) is 4.88. The summed E-state index contributed by atoms with van der Waals surface area (Å²) in [5.74, 6) is -0.317. The fourth-order valence-electron chi connectivity index (χ4n) is 2.01. The molecule has 0 radical (unpaired) electrons. The Hall–Kier alpha value is -2.10. The number of amides is 1. The van der Waals surface area contributed by atoms with Crippen LogP contribution in [-0.2, 0) is 20.7 Å². The van der Waals surface area contributed by atoms with E-state index >= 15 is 0 Å². The van der Waals surface area contributed by atoms with Gasteiger partial charge in [-0.2, -0.15) is 0 Å². The van der Waals surface area contributed by atoms with Crippen LogP contribution in [0.15, 0.2) is 41.8 Å². The average molecular weight is 259 g/mol. The molecule has 1 aromatic rings. The molecule has 0 saturated heterocycles. The van der Waals surface area contributed by atoms with Crippen molar-refractivity contribution in [1.29, 1.82) is 0 Å². The zero-order chi connectivity index (χ0) is 14.0. The van der Waals surface area contributed by atoms with Crippen LogP contribution in [0.1, 0.15) is 19.4 Å². The smallest absolute Gasteiger partial charge is 0.237 e. The minimum absolute atomic E-state index is 0.244. The molecule has 100 valence electrons. The molecule has 1 heterocycles. The summed E-state index contributed by atoms with van der Waals surface area (Å²) >= 11 is 0. The average Bonchev–Trinajstić information content (AvgIpc) is 2.39. The minimum Gasteiger partial charge on any atom is -0.491 e. The molecule has 1 amide bonds. The van der Waals surface area contributed by atoms with Crippen molar-refractivity contribution in [3.63, 3.8) is 0 Å². The van der Waals surface area contributed by atoms with Crippen LogP contribution in [0.4, 0.5) is 0 Å². The molecule has 0 bridgehead atoms. The lowest BCUT2D eigenvalue weighted by Crippen LogP contribution is -2.48. The second-order valence-corrected chi connectivity index (χ2v) is 5.08. The Morgan fingerprint density at radius 1 is 1.16 bits per heavy atom. The van der Waals surface area contributed by atoms with Gasteiger partial charge in [0.2, 0.25) is 11.7 Å². The van der Waals surface area contributed by atoms with Gasteiger partial charge in [0.15, 0.2) is 5.76 Å². The third-order valence-electron chi connectivity index (χ3n) is 3.31. The Morgan fingerprint density at radius 2 is 1.79 bits per heavy atom. The van der Waals surface area contributed by atoms with Crippen molar-refractivity contribution >= 4 is 11.7 Å². The first-order chi connectivity index (χ1) is 8.96. The van der Waals surface area contributed by atoms with Gasteiger partial charge in [-0.25, -0.2) is 0 Å². The van der Waals surface area contributed by atoms with E-state index in [0.717, 1.165) is 5.56 Å². The minimum atomic E-state index is -1.08. The first kappa shape index (κ1) is 13.3. The molecule has 0 aliphatic carbocycles. The van der Waals surface area contributed by atoms with E-state index in [1.807, 2.05) is 30.3 Å². The van der Waals surface area contributed by atoms with Crippen molar-refractivity contribution in [2.75, 3.05) is 7.11 Å². The summed E-state index contributed by atoms with van der Waals surface area (Å²) in [6.07, 6.45) is 0.470. The zero-order valence-electron chi connectivity index (χ0n) is 11.3. The van der Waals surface area contributed by atoms with E-state index < -0.39 is 5.41 Å². The summed E-state index contributed by atoms with van der Waals surface area (Å²) < 4.78 is 5.19. The van der Waals surface area contributed by atoms with Crippen LogP contribution in [-0.4, -0.2) is 18.8 Å². The van der Waals surface area contributed by atoms with E-state index in [0.29, 0.717) is 12.1 Å². The molecular weight excluding hydrogens is 242 g/mol. The molecule has 0 saturated carbocycles. The van der Waals surface area contributed by atoms with Crippen molar-refractivity contribution in [2.45, 2.75) is 20.3 Å². The molecule has 19 heavy (non-hydrogen) atoms. The maximum Gasteiger partial charge on any atom is 0.237 e. The quantitative estimate of drug-likeness (QED) is 0.842. The highest BCUT2D eigenvalue weighted by Gasteiger charge is 2.44. The van der Waals surface area contributed by atoms with E-state index in [2.05, 4.69) is 5.32 Å². The summed E-state index contributed by atoms with van der Waals surface area (Å²) in [5.41, 5.74) is 0.466. The summed E-state index contributed by atoms with van der Waals surface area (Å²) in [6.45, 7) is 3.20. The predicted octanol–water partition coefficient (Wildman–Crippen LogP) is 1.81. The molecular formula is C15H17NO3. The van der Waals surface area contributed by atoms with Gasteiger partial charge < -0.3 is 10.1 Å². The highest BCUT2D eigenvalue weighted by atomic mass is 16.5. The van der Waals surface area contributed by atoms with Crippen molar-refractivity contribution in [3.8, 4) is 0 Å². The van der Waals surface area contributed by atoms with Gasteiger partial charge in [0.1, 0.15) is 5.41 Å². The topological polar surface area (TPSA) is 55.4 Å². The van der Waals surface area contributed by atoms with Crippen molar-refractivity contribution in [2.24, 2.45) is 5.41 Å². The fraction of sp³-hybridized carbons (Fsp3) is 0.333. The molecule has 1 aromatic carbocycles. The van der Waals surface area contributed by atoms with Crippen molar-refractivity contribution < 1.29 is 14.3 Å². The predicted molar refractivity (Wildman–Crippen MR) is 71.1 cm³/mol. The van der Waals surface area contributed by atoms with E-state index in [4.69, 9.17) is 4.74 Å². The molecule has 0 spiro atoms. The summed E-state index contributed by atoms with van der Waals surface area (Å²) in [4.78, 5) is 24.2. The van der Waals surface area contributed by atoms with Gasteiger partial charge in [0.05, 0.1) is 12.8 Å². The largest absolute Gasteiger partial charge is 0.491 e. The second-order valence-electron chi connectivity index (χ2n) is 5.08. The highest BCUT2D eigenvalue weighted by Crippen LogP contribution is 2.29. The van der Waals surface area contributed by atoms with Gasteiger partial charge in [0.25, 0.3) is 0 Å². The lowest BCUT2D eigenvalue weighted by atomic mass is 9.82. The number of Topliss-reactive ketones (excluding diaryl/α,β-unsaturated/α-hetero) is 1. The van der Waals surface area contributed by atoms with Crippen molar-refractivity contribution in [3.05, 3.63) is 47.4 Å². The number of carbonyl (C=O) groups is 2. The van der Waals surface area contributed by atoms with E-state index in [-0.39, 0.29) is 17.4 Å². The van der Waals surface area contributed by atoms with Gasteiger partial charge in [-0.05, 0) is 19.4 Å². The van der Waals surface area contributed by atoms with Crippen LogP contribution in [0.2, 0.25) is 0 Å². The molecule has 0 aromatic heterocycles. The number of ketones is 1. The molecule has 1 aliphatic heterocycles. The molecule has 4 nitrogen and oxygen atoms in total. The van der Waals surface area contributed by atoms with E-state index in [1.54, 1.807) is 13.8 Å². The van der Waals surface area contributed by atoms with Crippen molar-refractivity contribution in [1.82, 2.24) is 5.32 Å². The molecule has 1 aliphatic rings. The van der Waals surface area contributed by atoms with Gasteiger partial charge in [-0.1, -0.05) is 30.3 Å². The summed E-state index contributed by atoms with van der Waals surface area (Å²) in [7, 11) is 1.45. The molecule has 4 heteroatoms. The number of hydrogen-bond acceptors (Lipinski definition) is 3. The molecule has 0 atom stereocenters. The molecule has 0 fully saturated rings. The molecule has 2 rings (SSSR count). The van der Waals surface area contributed by atoms with Gasteiger partial charge in [-0.15, -0.1) is 0 Å². The lowest BCUT2D eigenvalue weighted by molar-refractivity contribution is -0.141. The first-order valence-electron chi connectivity index (χ1n) is 6.14. The number of methoxy groups -OCH3 is 1. The number of ether oxygens (including phenoxy) is 1. The lowest BCUT2D eigenvalue weighted by Gasteiger charge is -2.30. The molecule has 1 N–H and O–H groups in total. The Balaban J connectivity index is 2.37. The van der Waals surface area contributed by atoms with Crippen LogP contribution < -0.4 is 5.32 Å². The number of allylic oxidation sites excluding steroid dienone is 2. The molecule has 0 unspecified atom stereocenters. The third kappa shape index (κ3) is 2.38. The van der Waals surface area contributed by atoms with Crippen LogP contribution >= 0.6 is 0 Å². The Morgan fingerprint density at radius 3 is 2.37 bits per heavy atom. The van der Waals surface area contributed by atoms with Crippen LogP contribution in [0.5, 0.6) is 0 Å². The Bertz CT molecular complexity index is 544. The Kier molecular flexibility index (Phi) is 3.42. The van der Waals surface area contributed by atoms with E-state index in [1.165, 1.54) is 7.11 Å². The monoisotopic (exact) mass is 259 g/mol. The SMILES string of the molecule is COC1=C(Cc2ccccc2)NC(=O)C(C)(C)C1=O. The van der Waals surface area contributed by atoms with Crippen LogP contribution in [0.3, 0.4) is 0 Å². The first-order valence-corrected chi connectivity index (χ1v) is 6.14. The summed E-state index contributed by atoms with van der Waals surface area (Å²) in [5, 5.41) is 2.78. The third-order valence-corrected chi connectivity index (χ3v) is 3.31. The Labute approximate surface area is 112 Å². The van der Waals surface area contributed by atoms with Gasteiger partial charge in [0, 0.05) is 6.42 Å². The number of hydrogen-bond donors (Lipinski definition) is 1. The van der Waals surface area contributed by atoms with Gasteiger partial charge in [-0.3, -0.25) is 9.59 Å². The fourth-order valence-corrected chi connectivity index (χ4v) is 2.01. The number of carbonyl (C=O) groups excluding carboxylic acids is 2. The van der Waals surface area contributed by atoms with Crippen LogP contribution in [0.25, 0.3) is 0 Å². The maximum absolute atomic E-state index is 12.2. The summed E-state index contributed by atoms with van der Waals surface area (Å²) in [6, 6.07) is 9.63. The standard InChI is InChI=1S/C15H17NO3/c1-15(2)13(17)12(19-3)11(16-14(15)18)9-10-7-5-4-6-8-10/h4-8H,9H2,1-3H3,(H,16,18). The van der Waals surface area contributed by atoms with E-state index in [9.17, 15) is 9.59 Å². The number of nitrogens with one attached hydrogen (secondary N) is 1. The maximum atomic E-state index is 12.2. The number of benzene rings is 1. The normalized spacial score (nSPS) is 18.3. The van der Waals surface area contributed by atoms with Gasteiger partial charge >= 0.3 is 0 Å².